The van der Waals surface area contributed by atoms with Gasteiger partial charge in [0.25, 0.3) is 0 Å². The number of nitrogens with one attached hydrogen (secondary N) is 1. The second kappa shape index (κ2) is 6.58. The third kappa shape index (κ3) is 3.22. The van der Waals surface area contributed by atoms with Gasteiger partial charge in [-0.15, -0.1) is 0 Å². The number of nitrogens with zero attached hydrogens (tertiary/aromatic N) is 6. The number of hydrogen-bond acceptors (Lipinski definition) is 6. The number of anilines is 1. The second-order valence-corrected chi connectivity index (χ2v) is 6.44. The molecule has 1 atom stereocenters. The summed E-state index contributed by atoms with van der Waals surface area (Å²) in [6.07, 6.45) is 8.52. The first-order valence-corrected chi connectivity index (χ1v) is 8.61. The van der Waals surface area contributed by atoms with Gasteiger partial charge in [0.15, 0.2) is 11.6 Å². The molecule has 4 heterocycles. The van der Waals surface area contributed by atoms with E-state index >= 15 is 0 Å². The lowest BCUT2D eigenvalue weighted by atomic mass is 10.0. The number of imidazole rings is 1. The summed E-state index contributed by atoms with van der Waals surface area (Å²) in [6.45, 7) is 4.94. The van der Waals surface area contributed by atoms with E-state index in [1.54, 1.807) is 12.5 Å². The van der Waals surface area contributed by atoms with Crippen LogP contribution < -0.4 is 4.90 Å². The van der Waals surface area contributed by atoms with E-state index in [-0.39, 0.29) is 6.04 Å². The predicted octanol–water partition coefficient (Wildman–Crippen LogP) is 3.01. The molecule has 25 heavy (non-hydrogen) atoms. The Morgan fingerprint density at radius 2 is 2.08 bits per heavy atom. The summed E-state index contributed by atoms with van der Waals surface area (Å²) in [5, 5.41) is 0. The summed E-state index contributed by atoms with van der Waals surface area (Å²) in [7, 11) is 0. The van der Waals surface area contributed by atoms with Crippen molar-refractivity contribution in [2.75, 3.05) is 11.4 Å². The fourth-order valence-corrected chi connectivity index (χ4v) is 3.33. The van der Waals surface area contributed by atoms with E-state index in [1.165, 1.54) is 6.42 Å². The van der Waals surface area contributed by atoms with E-state index in [1.807, 2.05) is 32.2 Å². The quantitative estimate of drug-likeness (QED) is 0.792. The highest BCUT2D eigenvalue weighted by atomic mass is 15.2. The van der Waals surface area contributed by atoms with Crippen LogP contribution in [0.15, 0.2) is 30.9 Å². The van der Waals surface area contributed by atoms with Crippen molar-refractivity contribution in [3.05, 3.63) is 48.1 Å². The number of hydrogen-bond donors (Lipinski definition) is 1. The van der Waals surface area contributed by atoms with Crippen LogP contribution in [0.5, 0.6) is 0 Å². The molecule has 0 amide bonds. The van der Waals surface area contributed by atoms with E-state index in [0.29, 0.717) is 0 Å². The largest absolute Gasteiger partial charge is 0.346 e. The molecule has 1 unspecified atom stereocenters. The molecule has 0 bridgehead atoms. The molecule has 7 heteroatoms. The Labute approximate surface area is 146 Å². The van der Waals surface area contributed by atoms with Gasteiger partial charge in [-0.3, -0.25) is 0 Å². The van der Waals surface area contributed by atoms with Crippen molar-refractivity contribution in [3.63, 3.8) is 0 Å². The van der Waals surface area contributed by atoms with Crippen LogP contribution in [0.3, 0.4) is 0 Å². The van der Waals surface area contributed by atoms with E-state index in [4.69, 9.17) is 9.97 Å². The Bertz CT molecular complexity index is 859. The zero-order valence-corrected chi connectivity index (χ0v) is 14.5. The number of rotatable bonds is 3. The molecular weight excluding hydrogens is 314 g/mol. The number of piperidine rings is 1. The van der Waals surface area contributed by atoms with Crippen molar-refractivity contribution in [2.45, 2.75) is 39.2 Å². The van der Waals surface area contributed by atoms with Gasteiger partial charge in [0.2, 0.25) is 0 Å². The maximum Gasteiger partial charge on any atom is 0.156 e. The first-order chi connectivity index (χ1) is 12.2. The minimum absolute atomic E-state index is 0.123. The third-order valence-corrected chi connectivity index (χ3v) is 4.48. The number of aromatic nitrogens is 6. The van der Waals surface area contributed by atoms with E-state index in [9.17, 15) is 0 Å². The molecule has 3 aromatic rings. The van der Waals surface area contributed by atoms with Crippen molar-refractivity contribution in [3.8, 4) is 11.5 Å². The van der Waals surface area contributed by atoms with Crippen LogP contribution in [-0.2, 0) is 0 Å². The van der Waals surface area contributed by atoms with Gasteiger partial charge < -0.3 is 9.88 Å². The van der Waals surface area contributed by atoms with Crippen LogP contribution in [0.2, 0.25) is 0 Å². The zero-order chi connectivity index (χ0) is 17.2. The average molecular weight is 335 g/mol. The first kappa shape index (κ1) is 15.7. The zero-order valence-electron chi connectivity index (χ0n) is 14.5. The molecule has 1 fully saturated rings. The van der Waals surface area contributed by atoms with Crippen molar-refractivity contribution < 1.29 is 0 Å². The second-order valence-electron chi connectivity index (χ2n) is 6.44. The van der Waals surface area contributed by atoms with Gasteiger partial charge >= 0.3 is 0 Å². The van der Waals surface area contributed by atoms with Crippen LogP contribution in [0.4, 0.5) is 5.82 Å². The lowest BCUT2D eigenvalue weighted by molar-refractivity contribution is 0.452. The molecule has 0 aromatic carbocycles. The Morgan fingerprint density at radius 3 is 2.84 bits per heavy atom. The topological polar surface area (TPSA) is 83.5 Å². The van der Waals surface area contributed by atoms with Crippen molar-refractivity contribution in [2.24, 2.45) is 0 Å². The van der Waals surface area contributed by atoms with E-state index < -0.39 is 0 Å². The summed E-state index contributed by atoms with van der Waals surface area (Å²) in [5.74, 6) is 2.55. The van der Waals surface area contributed by atoms with Gasteiger partial charge in [-0.2, -0.15) is 0 Å². The van der Waals surface area contributed by atoms with E-state index in [0.717, 1.165) is 53.9 Å². The summed E-state index contributed by atoms with van der Waals surface area (Å²) in [4.78, 5) is 28.0. The van der Waals surface area contributed by atoms with Gasteiger partial charge in [0.05, 0.1) is 6.04 Å². The summed E-state index contributed by atoms with van der Waals surface area (Å²) in [6, 6.07) is 4.04. The highest BCUT2D eigenvalue weighted by molar-refractivity contribution is 5.50. The van der Waals surface area contributed by atoms with Gasteiger partial charge in [-0.25, -0.2) is 24.9 Å². The molecule has 1 aliphatic heterocycles. The SMILES string of the molecule is Cc1cc(-c2ncc(C)[nH]2)nc(C2CCCCN2c2ccncn2)n1. The molecule has 1 aliphatic rings. The Morgan fingerprint density at radius 1 is 1.16 bits per heavy atom. The lowest BCUT2D eigenvalue weighted by Gasteiger charge is -2.35. The summed E-state index contributed by atoms with van der Waals surface area (Å²) < 4.78 is 0. The minimum atomic E-state index is 0.123. The minimum Gasteiger partial charge on any atom is -0.346 e. The van der Waals surface area contributed by atoms with E-state index in [2.05, 4.69) is 24.8 Å². The maximum absolute atomic E-state index is 4.83. The van der Waals surface area contributed by atoms with Crippen molar-refractivity contribution in [1.82, 2.24) is 29.9 Å². The number of H-pyrrole nitrogens is 1. The van der Waals surface area contributed by atoms with Crippen LogP contribution >= 0.6 is 0 Å². The van der Waals surface area contributed by atoms with Gasteiger partial charge in [-0.05, 0) is 45.2 Å². The van der Waals surface area contributed by atoms with Gasteiger partial charge in [-0.1, -0.05) is 0 Å². The standard InChI is InChI=1S/C18H21N7/c1-12-9-14(17-20-10-13(2)23-17)24-18(22-12)15-5-3-4-8-25(15)16-6-7-19-11-21-16/h6-7,9-11,15H,3-5,8H2,1-2H3,(H,20,23). The fourth-order valence-electron chi connectivity index (χ4n) is 3.33. The predicted molar refractivity (Wildman–Crippen MR) is 95.1 cm³/mol. The van der Waals surface area contributed by atoms with Gasteiger partial charge in [0.1, 0.15) is 17.8 Å². The molecule has 1 N–H and O–H groups in total. The Balaban J connectivity index is 1.73. The first-order valence-electron chi connectivity index (χ1n) is 8.61. The van der Waals surface area contributed by atoms with Crippen LogP contribution in [0.1, 0.15) is 42.5 Å². The molecule has 1 saturated heterocycles. The Hall–Kier alpha value is -2.83. The highest BCUT2D eigenvalue weighted by Crippen LogP contribution is 2.33. The molecule has 128 valence electrons. The molecule has 0 radical (unpaired) electrons. The molecule has 0 saturated carbocycles. The lowest BCUT2D eigenvalue weighted by Crippen LogP contribution is -2.35. The maximum atomic E-state index is 4.83. The van der Waals surface area contributed by atoms with Crippen molar-refractivity contribution in [1.29, 1.82) is 0 Å². The molecule has 0 spiro atoms. The molecule has 3 aromatic heterocycles. The molecule has 7 nitrogen and oxygen atoms in total. The Kier molecular flexibility index (Phi) is 4.13. The smallest absolute Gasteiger partial charge is 0.156 e. The monoisotopic (exact) mass is 335 g/mol. The van der Waals surface area contributed by atoms with Crippen LogP contribution in [0, 0.1) is 13.8 Å². The summed E-state index contributed by atoms with van der Waals surface area (Å²) >= 11 is 0. The molecule has 4 rings (SSSR count). The summed E-state index contributed by atoms with van der Waals surface area (Å²) in [5.41, 5.74) is 2.80. The fraction of sp³-hybridized carbons (Fsp3) is 0.389. The van der Waals surface area contributed by atoms with Crippen LogP contribution in [0.25, 0.3) is 11.5 Å². The molecule has 0 aliphatic carbocycles. The third-order valence-electron chi connectivity index (χ3n) is 4.48. The highest BCUT2D eigenvalue weighted by Gasteiger charge is 2.28. The molecular formula is C18H21N7. The normalized spacial score (nSPS) is 17.7. The average Bonchev–Trinajstić information content (AvgIpc) is 3.08. The van der Waals surface area contributed by atoms with Crippen molar-refractivity contribution >= 4 is 5.82 Å². The van der Waals surface area contributed by atoms with Crippen LogP contribution in [-0.4, -0.2) is 36.4 Å². The number of aromatic amines is 1. The van der Waals surface area contributed by atoms with Gasteiger partial charge in [0, 0.05) is 30.3 Å². The number of aryl methyl sites for hydroxylation is 2.